The average Bonchev–Trinajstić information content (AvgIpc) is 3.11. The number of aromatic hydroxyl groups is 1. The maximum Gasteiger partial charge on any atom is 0.191 e. The molecule has 0 spiro atoms. The highest BCUT2D eigenvalue weighted by molar-refractivity contribution is 14.0. The number of hydrogen-bond acceptors (Lipinski definition) is 4. The van der Waals surface area contributed by atoms with Gasteiger partial charge in [-0.15, -0.1) is 24.0 Å². The number of nitrogens with zero attached hydrogens (tertiary/aromatic N) is 4. The van der Waals surface area contributed by atoms with E-state index in [0.717, 1.165) is 55.1 Å². The lowest BCUT2D eigenvalue weighted by atomic mass is 10.1. The van der Waals surface area contributed by atoms with E-state index in [9.17, 15) is 5.11 Å². The number of guanidine groups is 1. The van der Waals surface area contributed by atoms with Crippen molar-refractivity contribution < 1.29 is 5.11 Å². The number of phenols is 1. The number of benzene rings is 1. The Morgan fingerprint density at radius 1 is 1.31 bits per heavy atom. The molecule has 0 radical (unpaired) electrons. The van der Waals surface area contributed by atoms with Crippen LogP contribution in [0.3, 0.4) is 0 Å². The summed E-state index contributed by atoms with van der Waals surface area (Å²) in [7, 11) is 1.95. The van der Waals surface area contributed by atoms with E-state index in [2.05, 4.69) is 33.8 Å². The quantitative estimate of drug-likeness (QED) is 0.326. The van der Waals surface area contributed by atoms with E-state index >= 15 is 0 Å². The van der Waals surface area contributed by atoms with Gasteiger partial charge >= 0.3 is 0 Å². The Hall–Kier alpha value is -1.97. The lowest BCUT2D eigenvalue weighted by molar-refractivity contribution is 0.466. The minimum absolute atomic E-state index is 0. The molecule has 3 rings (SSSR count). The van der Waals surface area contributed by atoms with E-state index in [1.54, 1.807) is 0 Å². The SMILES string of the molecule is CCNC(=NCc1cc(C)c(O)c(C)c1)NC1CCCN(c2cnn(C)c2)C1.I. The van der Waals surface area contributed by atoms with Crippen LogP contribution < -0.4 is 15.5 Å². The molecule has 0 amide bonds. The zero-order valence-corrected chi connectivity index (χ0v) is 20.1. The van der Waals surface area contributed by atoms with Crippen molar-refractivity contribution >= 4 is 35.6 Å². The normalized spacial score (nSPS) is 17.0. The molecule has 1 aliphatic rings. The van der Waals surface area contributed by atoms with Crippen LogP contribution in [0.15, 0.2) is 29.5 Å². The number of anilines is 1. The molecule has 7 nitrogen and oxygen atoms in total. The predicted molar refractivity (Wildman–Crippen MR) is 129 cm³/mol. The predicted octanol–water partition coefficient (Wildman–Crippen LogP) is 3.08. The molecule has 1 aromatic heterocycles. The number of rotatable bonds is 5. The maximum atomic E-state index is 9.96. The van der Waals surface area contributed by atoms with Gasteiger partial charge in [0.1, 0.15) is 5.75 Å². The molecular formula is C21H33IN6O. The van der Waals surface area contributed by atoms with Gasteiger partial charge in [0, 0.05) is 38.9 Å². The van der Waals surface area contributed by atoms with Gasteiger partial charge in [-0.2, -0.15) is 5.10 Å². The molecule has 3 N–H and O–H groups in total. The Morgan fingerprint density at radius 2 is 2.03 bits per heavy atom. The van der Waals surface area contributed by atoms with Gasteiger partial charge < -0.3 is 20.6 Å². The van der Waals surface area contributed by atoms with Crippen molar-refractivity contribution in [1.82, 2.24) is 20.4 Å². The summed E-state index contributed by atoms with van der Waals surface area (Å²) in [4.78, 5) is 7.15. The highest BCUT2D eigenvalue weighted by atomic mass is 127. The van der Waals surface area contributed by atoms with Crippen LogP contribution in [0.2, 0.25) is 0 Å². The van der Waals surface area contributed by atoms with Crippen LogP contribution in [-0.2, 0) is 13.6 Å². The molecule has 0 aliphatic carbocycles. The topological polar surface area (TPSA) is 77.7 Å². The first kappa shape index (κ1) is 23.3. The van der Waals surface area contributed by atoms with E-state index in [-0.39, 0.29) is 24.0 Å². The smallest absolute Gasteiger partial charge is 0.191 e. The molecule has 1 saturated heterocycles. The summed E-state index contributed by atoms with van der Waals surface area (Å²) in [6.45, 7) is 9.32. The van der Waals surface area contributed by atoms with Gasteiger partial charge in [0.2, 0.25) is 0 Å². The van der Waals surface area contributed by atoms with Crippen LogP contribution in [0.1, 0.15) is 36.5 Å². The van der Waals surface area contributed by atoms with Crippen molar-refractivity contribution in [3.8, 4) is 5.75 Å². The van der Waals surface area contributed by atoms with Gasteiger partial charge in [0.05, 0.1) is 18.4 Å². The van der Waals surface area contributed by atoms with Crippen LogP contribution in [0.25, 0.3) is 0 Å². The minimum Gasteiger partial charge on any atom is -0.507 e. The summed E-state index contributed by atoms with van der Waals surface area (Å²) in [6.07, 6.45) is 6.26. The van der Waals surface area contributed by atoms with Gasteiger partial charge in [-0.05, 0) is 50.3 Å². The molecule has 0 bridgehead atoms. The molecule has 2 aromatic rings. The molecular weight excluding hydrogens is 479 g/mol. The zero-order valence-electron chi connectivity index (χ0n) is 17.8. The van der Waals surface area contributed by atoms with Crippen LogP contribution in [0, 0.1) is 13.8 Å². The van der Waals surface area contributed by atoms with Crippen molar-refractivity contribution in [1.29, 1.82) is 0 Å². The minimum atomic E-state index is 0. The van der Waals surface area contributed by atoms with Gasteiger partial charge in [-0.1, -0.05) is 12.1 Å². The molecule has 1 atom stereocenters. The van der Waals surface area contributed by atoms with Gasteiger partial charge in [-0.3, -0.25) is 4.68 Å². The first-order valence-corrected chi connectivity index (χ1v) is 10.0. The second kappa shape index (κ2) is 10.7. The van der Waals surface area contributed by atoms with Gasteiger partial charge in [0.25, 0.3) is 0 Å². The van der Waals surface area contributed by atoms with Crippen LogP contribution in [-0.4, -0.2) is 46.5 Å². The first-order valence-electron chi connectivity index (χ1n) is 10.0. The molecule has 1 unspecified atom stereocenters. The molecule has 2 heterocycles. The third kappa shape index (κ3) is 6.25. The number of aromatic nitrogens is 2. The molecule has 29 heavy (non-hydrogen) atoms. The zero-order chi connectivity index (χ0) is 20.1. The number of halogens is 1. The fourth-order valence-corrected chi connectivity index (χ4v) is 3.72. The summed E-state index contributed by atoms with van der Waals surface area (Å²) >= 11 is 0. The van der Waals surface area contributed by atoms with Crippen molar-refractivity contribution in [2.45, 2.75) is 46.2 Å². The van der Waals surface area contributed by atoms with E-state index in [1.807, 2.05) is 43.9 Å². The molecule has 8 heteroatoms. The summed E-state index contributed by atoms with van der Waals surface area (Å²) in [5, 5.41) is 21.2. The van der Waals surface area contributed by atoms with Crippen molar-refractivity contribution in [3.05, 3.63) is 41.2 Å². The lowest BCUT2D eigenvalue weighted by Crippen LogP contribution is -2.51. The Bertz CT molecular complexity index is 811. The van der Waals surface area contributed by atoms with Crippen LogP contribution in [0.4, 0.5) is 5.69 Å². The first-order chi connectivity index (χ1) is 13.5. The van der Waals surface area contributed by atoms with E-state index in [1.165, 1.54) is 5.69 Å². The van der Waals surface area contributed by atoms with Crippen LogP contribution >= 0.6 is 24.0 Å². The van der Waals surface area contributed by atoms with Gasteiger partial charge in [0.15, 0.2) is 5.96 Å². The largest absolute Gasteiger partial charge is 0.507 e. The molecule has 0 saturated carbocycles. The Labute approximate surface area is 190 Å². The fourth-order valence-electron chi connectivity index (χ4n) is 3.72. The molecule has 1 aliphatic heterocycles. The second-order valence-corrected chi connectivity index (χ2v) is 7.58. The fraction of sp³-hybridized carbons (Fsp3) is 0.524. The van der Waals surface area contributed by atoms with Crippen molar-refractivity contribution in [2.24, 2.45) is 12.0 Å². The molecule has 1 fully saturated rings. The molecule has 160 valence electrons. The number of aryl methyl sites for hydroxylation is 3. The summed E-state index contributed by atoms with van der Waals surface area (Å²) in [6, 6.07) is 4.34. The van der Waals surface area contributed by atoms with Crippen molar-refractivity contribution in [3.63, 3.8) is 0 Å². The van der Waals surface area contributed by atoms with E-state index in [4.69, 9.17) is 4.99 Å². The number of nitrogens with one attached hydrogen (secondary N) is 2. The highest BCUT2D eigenvalue weighted by Gasteiger charge is 2.21. The lowest BCUT2D eigenvalue weighted by Gasteiger charge is -2.34. The summed E-state index contributed by atoms with van der Waals surface area (Å²) in [5.41, 5.74) is 4.06. The Kier molecular flexibility index (Phi) is 8.60. The van der Waals surface area contributed by atoms with Gasteiger partial charge in [-0.25, -0.2) is 4.99 Å². The second-order valence-electron chi connectivity index (χ2n) is 7.58. The third-order valence-electron chi connectivity index (χ3n) is 5.13. The van der Waals surface area contributed by atoms with Crippen molar-refractivity contribution in [2.75, 3.05) is 24.5 Å². The summed E-state index contributed by atoms with van der Waals surface area (Å²) < 4.78 is 1.85. The Morgan fingerprint density at radius 3 is 2.66 bits per heavy atom. The third-order valence-corrected chi connectivity index (χ3v) is 5.13. The number of hydrogen-bond donors (Lipinski definition) is 3. The van der Waals surface area contributed by atoms with E-state index < -0.39 is 0 Å². The van der Waals surface area contributed by atoms with E-state index in [0.29, 0.717) is 18.3 Å². The molecule has 1 aromatic carbocycles. The number of aliphatic imine (C=N–C) groups is 1. The van der Waals surface area contributed by atoms with Crippen LogP contribution in [0.5, 0.6) is 5.75 Å². The highest BCUT2D eigenvalue weighted by Crippen LogP contribution is 2.23. The average molecular weight is 512 g/mol. The standard InChI is InChI=1S/C21H32N6O.HI/c1-5-22-21(23-11-17-9-15(2)20(28)16(3)10-17)25-18-7-6-8-27(13-18)19-12-24-26(4)14-19;/h9-10,12,14,18,28H,5-8,11,13H2,1-4H3,(H2,22,23,25);1H. The number of phenolic OH excluding ortho intramolecular Hbond substituents is 1. The maximum absolute atomic E-state index is 9.96. The monoisotopic (exact) mass is 512 g/mol. The summed E-state index contributed by atoms with van der Waals surface area (Å²) in [5.74, 6) is 1.21. The number of piperidine rings is 1. The Balaban J connectivity index is 0.00000300.